The molecule has 1 heterocycles. The number of para-hydroxylation sites is 1. The molecule has 1 amide bonds. The molecule has 0 saturated carbocycles. The van der Waals surface area contributed by atoms with Crippen LogP contribution in [0.1, 0.15) is 37.1 Å². The molecule has 2 rings (SSSR count). The van der Waals surface area contributed by atoms with Crippen molar-refractivity contribution in [3.8, 4) is 11.5 Å². The molecule has 1 saturated heterocycles. The van der Waals surface area contributed by atoms with Gasteiger partial charge in [-0.25, -0.2) is 0 Å². The van der Waals surface area contributed by atoms with Gasteiger partial charge in [-0.3, -0.25) is 4.79 Å². The number of rotatable bonds is 6. The highest BCUT2D eigenvalue weighted by Crippen LogP contribution is 2.44. The van der Waals surface area contributed by atoms with E-state index in [0.717, 1.165) is 36.5 Å². The van der Waals surface area contributed by atoms with E-state index in [-0.39, 0.29) is 11.3 Å². The van der Waals surface area contributed by atoms with Crippen LogP contribution in [-0.2, 0) is 4.79 Å². The van der Waals surface area contributed by atoms with Crippen LogP contribution in [0, 0.1) is 0 Å². The van der Waals surface area contributed by atoms with Crippen molar-refractivity contribution in [1.29, 1.82) is 0 Å². The van der Waals surface area contributed by atoms with Gasteiger partial charge in [-0.05, 0) is 12.5 Å². The highest BCUT2D eigenvalue weighted by Gasteiger charge is 2.32. The first kappa shape index (κ1) is 16.0. The number of thioether (sulfide) groups is 1. The minimum absolute atomic E-state index is 0.0165. The SMILES string of the molecule is CCCCN1C(=O)CCSC1c1cccc(OC)c1OC. The molecule has 5 heteroatoms. The van der Waals surface area contributed by atoms with Crippen LogP contribution in [0.15, 0.2) is 18.2 Å². The molecule has 1 aliphatic heterocycles. The summed E-state index contributed by atoms with van der Waals surface area (Å²) in [5.41, 5.74) is 1.02. The fraction of sp³-hybridized carbons (Fsp3) is 0.562. The van der Waals surface area contributed by atoms with Crippen molar-refractivity contribution >= 4 is 17.7 Å². The number of benzene rings is 1. The number of unbranched alkanes of at least 4 members (excludes halogenated alkanes) is 1. The third kappa shape index (κ3) is 3.46. The quantitative estimate of drug-likeness (QED) is 0.806. The first-order valence-electron chi connectivity index (χ1n) is 7.34. The molecule has 1 fully saturated rings. The van der Waals surface area contributed by atoms with Gasteiger partial charge in [0, 0.05) is 24.3 Å². The first-order chi connectivity index (χ1) is 10.2. The Balaban J connectivity index is 2.35. The van der Waals surface area contributed by atoms with Gasteiger partial charge in [-0.1, -0.05) is 25.5 Å². The minimum Gasteiger partial charge on any atom is -0.493 e. The summed E-state index contributed by atoms with van der Waals surface area (Å²) in [6.45, 7) is 2.94. The van der Waals surface area contributed by atoms with Crippen LogP contribution < -0.4 is 9.47 Å². The lowest BCUT2D eigenvalue weighted by Gasteiger charge is -2.36. The van der Waals surface area contributed by atoms with Crippen LogP contribution in [0.5, 0.6) is 11.5 Å². The molecule has 1 atom stereocenters. The van der Waals surface area contributed by atoms with Gasteiger partial charge in [0.1, 0.15) is 5.37 Å². The first-order valence-corrected chi connectivity index (χ1v) is 8.39. The second-order valence-electron chi connectivity index (χ2n) is 5.00. The average molecular weight is 309 g/mol. The monoisotopic (exact) mass is 309 g/mol. The summed E-state index contributed by atoms with van der Waals surface area (Å²) >= 11 is 1.80. The summed E-state index contributed by atoms with van der Waals surface area (Å²) in [5, 5.41) is 0.0165. The molecule has 0 aromatic heterocycles. The van der Waals surface area contributed by atoms with Crippen molar-refractivity contribution in [3.63, 3.8) is 0 Å². The predicted octanol–water partition coefficient (Wildman–Crippen LogP) is 3.47. The van der Waals surface area contributed by atoms with E-state index in [0.29, 0.717) is 12.2 Å². The van der Waals surface area contributed by atoms with Gasteiger partial charge in [0.2, 0.25) is 5.91 Å². The van der Waals surface area contributed by atoms with E-state index >= 15 is 0 Å². The van der Waals surface area contributed by atoms with Gasteiger partial charge in [0.15, 0.2) is 11.5 Å². The second kappa shape index (κ2) is 7.59. The van der Waals surface area contributed by atoms with E-state index in [4.69, 9.17) is 9.47 Å². The Hall–Kier alpha value is -1.36. The number of hydrogen-bond acceptors (Lipinski definition) is 4. The summed E-state index contributed by atoms with van der Waals surface area (Å²) < 4.78 is 10.9. The van der Waals surface area contributed by atoms with Gasteiger partial charge < -0.3 is 14.4 Å². The number of hydrogen-bond donors (Lipinski definition) is 0. The third-order valence-corrected chi connectivity index (χ3v) is 4.91. The Labute approximate surface area is 130 Å². The van der Waals surface area contributed by atoms with Gasteiger partial charge in [0.25, 0.3) is 0 Å². The molecule has 1 aromatic carbocycles. The molecular weight excluding hydrogens is 286 g/mol. The third-order valence-electron chi connectivity index (χ3n) is 3.65. The Morgan fingerprint density at radius 1 is 1.33 bits per heavy atom. The average Bonchev–Trinajstić information content (AvgIpc) is 2.52. The van der Waals surface area contributed by atoms with E-state index in [1.54, 1.807) is 26.0 Å². The molecule has 21 heavy (non-hydrogen) atoms. The zero-order valence-corrected chi connectivity index (χ0v) is 13.7. The molecule has 4 nitrogen and oxygen atoms in total. The van der Waals surface area contributed by atoms with Gasteiger partial charge in [-0.2, -0.15) is 0 Å². The Morgan fingerprint density at radius 2 is 2.14 bits per heavy atom. The Bertz CT molecular complexity index is 492. The maximum absolute atomic E-state index is 12.3. The van der Waals surface area contributed by atoms with Crippen LogP contribution in [0.2, 0.25) is 0 Å². The number of ether oxygens (including phenoxy) is 2. The zero-order chi connectivity index (χ0) is 15.2. The summed E-state index contributed by atoms with van der Waals surface area (Å²) in [6, 6.07) is 5.86. The van der Waals surface area contributed by atoms with Gasteiger partial charge in [-0.15, -0.1) is 11.8 Å². The zero-order valence-electron chi connectivity index (χ0n) is 12.9. The minimum atomic E-state index is 0.0165. The Kier molecular flexibility index (Phi) is 5.79. The smallest absolute Gasteiger partial charge is 0.224 e. The van der Waals surface area contributed by atoms with Crippen LogP contribution in [0.3, 0.4) is 0 Å². The van der Waals surface area contributed by atoms with E-state index in [1.807, 2.05) is 23.1 Å². The van der Waals surface area contributed by atoms with Crippen molar-refractivity contribution in [2.24, 2.45) is 0 Å². The molecule has 0 spiro atoms. The van der Waals surface area contributed by atoms with E-state index in [1.165, 1.54) is 0 Å². The topological polar surface area (TPSA) is 38.8 Å². The van der Waals surface area contributed by atoms with Crippen molar-refractivity contribution in [2.45, 2.75) is 31.6 Å². The van der Waals surface area contributed by atoms with E-state index < -0.39 is 0 Å². The molecule has 116 valence electrons. The highest BCUT2D eigenvalue weighted by atomic mass is 32.2. The molecule has 0 bridgehead atoms. The van der Waals surface area contributed by atoms with Crippen LogP contribution >= 0.6 is 11.8 Å². The number of amides is 1. The Morgan fingerprint density at radius 3 is 2.81 bits per heavy atom. The largest absolute Gasteiger partial charge is 0.493 e. The van der Waals surface area contributed by atoms with Crippen molar-refractivity contribution in [2.75, 3.05) is 26.5 Å². The molecular formula is C16H23NO3S. The fourth-order valence-corrected chi connectivity index (χ4v) is 3.84. The van der Waals surface area contributed by atoms with Crippen LogP contribution in [0.4, 0.5) is 0 Å². The molecule has 0 aliphatic carbocycles. The maximum atomic E-state index is 12.3. The standard InChI is InChI=1S/C16H23NO3S/c1-4-5-10-17-14(18)9-11-21-16(17)12-7-6-8-13(19-2)15(12)20-3/h6-8,16H,4-5,9-11H2,1-3H3. The predicted molar refractivity (Wildman–Crippen MR) is 86.0 cm³/mol. The number of nitrogens with zero attached hydrogens (tertiary/aromatic N) is 1. The summed E-state index contributed by atoms with van der Waals surface area (Å²) in [4.78, 5) is 14.3. The van der Waals surface area contributed by atoms with Gasteiger partial charge in [0.05, 0.1) is 14.2 Å². The lowest BCUT2D eigenvalue weighted by atomic mass is 10.1. The molecule has 0 N–H and O–H groups in total. The second-order valence-corrected chi connectivity index (χ2v) is 6.18. The number of methoxy groups -OCH3 is 2. The maximum Gasteiger partial charge on any atom is 0.224 e. The van der Waals surface area contributed by atoms with Gasteiger partial charge >= 0.3 is 0 Å². The molecule has 1 aromatic rings. The molecule has 1 aliphatic rings. The lowest BCUT2D eigenvalue weighted by Crippen LogP contribution is -2.38. The van der Waals surface area contributed by atoms with Crippen molar-refractivity contribution < 1.29 is 14.3 Å². The van der Waals surface area contributed by atoms with Crippen molar-refractivity contribution in [1.82, 2.24) is 4.90 Å². The normalized spacial score (nSPS) is 18.7. The van der Waals surface area contributed by atoms with E-state index in [9.17, 15) is 4.79 Å². The summed E-state index contributed by atoms with van der Waals surface area (Å²) in [5.74, 6) is 2.53. The highest BCUT2D eigenvalue weighted by molar-refractivity contribution is 7.99. The van der Waals surface area contributed by atoms with E-state index in [2.05, 4.69) is 6.92 Å². The fourth-order valence-electron chi connectivity index (χ4n) is 2.56. The number of carbonyl (C=O) groups excluding carboxylic acids is 1. The summed E-state index contributed by atoms with van der Waals surface area (Å²) in [6.07, 6.45) is 2.72. The lowest BCUT2D eigenvalue weighted by molar-refractivity contribution is -0.132. The van der Waals surface area contributed by atoms with Crippen LogP contribution in [-0.4, -0.2) is 37.3 Å². The molecule has 1 unspecified atom stereocenters. The number of carbonyl (C=O) groups is 1. The molecule has 0 radical (unpaired) electrons. The van der Waals surface area contributed by atoms with Crippen molar-refractivity contribution in [3.05, 3.63) is 23.8 Å². The van der Waals surface area contributed by atoms with Crippen LogP contribution in [0.25, 0.3) is 0 Å². The summed E-state index contributed by atoms with van der Waals surface area (Å²) in [7, 11) is 3.28.